The Morgan fingerprint density at radius 2 is 1.89 bits per heavy atom. The zero-order valence-electron chi connectivity index (χ0n) is 18.7. The smallest absolute Gasteiger partial charge is 0.339 e. The number of carboxylic acids is 1. The number of fused-ring (bicyclic) bond motifs is 1. The number of pyridine rings is 1. The van der Waals surface area contributed by atoms with Crippen LogP contribution in [-0.2, 0) is 4.74 Å². The van der Waals surface area contributed by atoms with Gasteiger partial charge < -0.3 is 14.6 Å². The van der Waals surface area contributed by atoms with Crippen molar-refractivity contribution in [2.75, 3.05) is 13.2 Å². The third-order valence-electron chi connectivity index (χ3n) is 5.28. The molecule has 35 heavy (non-hydrogen) atoms. The maximum Gasteiger partial charge on any atom is 0.339 e. The van der Waals surface area contributed by atoms with Gasteiger partial charge in [0, 0.05) is 10.4 Å². The van der Waals surface area contributed by atoms with Crippen molar-refractivity contribution in [3.8, 4) is 18.1 Å². The van der Waals surface area contributed by atoms with Gasteiger partial charge in [0.2, 0.25) is 0 Å². The van der Waals surface area contributed by atoms with Crippen LogP contribution in [0.5, 0.6) is 5.75 Å². The van der Waals surface area contributed by atoms with Gasteiger partial charge in [-0.05, 0) is 53.6 Å². The molecule has 6 heteroatoms. The van der Waals surface area contributed by atoms with E-state index in [1.54, 1.807) is 18.2 Å². The molecule has 4 aromatic rings. The van der Waals surface area contributed by atoms with E-state index in [0.717, 1.165) is 27.7 Å². The molecule has 0 aliphatic carbocycles. The molecule has 0 amide bonds. The van der Waals surface area contributed by atoms with Crippen molar-refractivity contribution in [1.29, 1.82) is 0 Å². The van der Waals surface area contributed by atoms with E-state index in [1.807, 2.05) is 66.7 Å². The lowest BCUT2D eigenvalue weighted by molar-refractivity contribution is 0.0375. The second kappa shape index (κ2) is 11.3. The Labute approximate surface area is 208 Å². The lowest BCUT2D eigenvalue weighted by Crippen LogP contribution is -2.15. The van der Waals surface area contributed by atoms with Crippen molar-refractivity contribution < 1.29 is 19.4 Å². The van der Waals surface area contributed by atoms with Gasteiger partial charge in [0.25, 0.3) is 0 Å². The molecular weight excluding hydrogens is 462 g/mol. The monoisotopic (exact) mass is 483 g/mol. The Kier molecular flexibility index (Phi) is 7.79. The normalized spacial score (nSPS) is 11.9. The molecular formula is C29H22ClNO4. The van der Waals surface area contributed by atoms with Gasteiger partial charge in [-0.1, -0.05) is 66.1 Å². The fourth-order valence-electron chi connectivity index (χ4n) is 3.57. The predicted molar refractivity (Wildman–Crippen MR) is 139 cm³/mol. The number of carbonyl (C=O) groups is 1. The first-order valence-corrected chi connectivity index (χ1v) is 11.3. The van der Waals surface area contributed by atoms with Gasteiger partial charge in [0.1, 0.15) is 30.6 Å². The number of para-hydroxylation sites is 1. The SMILES string of the molecule is C#CCOC(COc1ccccc1C(=O)O)c1cccc(/C=C/c2ccc3ccc(Cl)cc3n2)c1. The van der Waals surface area contributed by atoms with Crippen molar-refractivity contribution in [2.24, 2.45) is 0 Å². The Bertz CT molecular complexity index is 1420. The standard InChI is InChI=1S/C29H22ClNO4/c1-2-16-34-28(19-35-27-9-4-3-8-25(27)29(32)33)22-7-5-6-20(17-22)10-14-24-15-12-21-11-13-23(30)18-26(21)31-24/h1,3-15,17-18,28H,16,19H2,(H,32,33)/b14-10+. The molecule has 0 aliphatic rings. The van der Waals surface area contributed by atoms with Gasteiger partial charge in [0.05, 0.1) is 11.2 Å². The van der Waals surface area contributed by atoms with Crippen molar-refractivity contribution >= 4 is 40.6 Å². The largest absolute Gasteiger partial charge is 0.490 e. The Morgan fingerprint density at radius 3 is 2.71 bits per heavy atom. The summed E-state index contributed by atoms with van der Waals surface area (Å²) in [5.41, 5.74) is 3.52. The maximum absolute atomic E-state index is 11.5. The highest BCUT2D eigenvalue weighted by Gasteiger charge is 2.16. The minimum absolute atomic E-state index is 0.0871. The molecule has 0 saturated heterocycles. The molecule has 5 nitrogen and oxygen atoms in total. The fraction of sp³-hybridized carbons (Fsp3) is 0.103. The molecule has 1 N–H and O–H groups in total. The Morgan fingerprint density at radius 1 is 1.06 bits per heavy atom. The molecule has 0 aliphatic heterocycles. The van der Waals surface area contributed by atoms with Crippen LogP contribution in [0.1, 0.15) is 33.3 Å². The first-order valence-electron chi connectivity index (χ1n) is 10.9. The fourth-order valence-corrected chi connectivity index (χ4v) is 3.73. The summed E-state index contributed by atoms with van der Waals surface area (Å²) in [6.45, 7) is 0.199. The lowest BCUT2D eigenvalue weighted by Gasteiger charge is -2.19. The number of terminal acetylenes is 1. The third-order valence-corrected chi connectivity index (χ3v) is 5.52. The minimum Gasteiger partial charge on any atom is -0.490 e. The highest BCUT2D eigenvalue weighted by atomic mass is 35.5. The van der Waals surface area contributed by atoms with E-state index < -0.39 is 12.1 Å². The molecule has 1 atom stereocenters. The number of ether oxygens (including phenoxy) is 2. The zero-order valence-corrected chi connectivity index (χ0v) is 19.5. The molecule has 4 rings (SSSR count). The van der Waals surface area contributed by atoms with Gasteiger partial charge in [-0.25, -0.2) is 9.78 Å². The van der Waals surface area contributed by atoms with Crippen LogP contribution in [0.3, 0.4) is 0 Å². The van der Waals surface area contributed by atoms with Gasteiger partial charge in [0.15, 0.2) is 0 Å². The third kappa shape index (κ3) is 6.27. The van der Waals surface area contributed by atoms with Crippen LogP contribution < -0.4 is 4.74 Å². The van der Waals surface area contributed by atoms with Crippen LogP contribution in [0, 0.1) is 12.3 Å². The molecule has 0 radical (unpaired) electrons. The minimum atomic E-state index is -1.06. The second-order valence-electron chi connectivity index (χ2n) is 7.69. The molecule has 1 heterocycles. The number of aromatic nitrogens is 1. The number of carboxylic acid groups (broad SMARTS) is 1. The number of hydrogen-bond acceptors (Lipinski definition) is 4. The molecule has 0 saturated carbocycles. The number of benzene rings is 3. The van der Waals surface area contributed by atoms with E-state index >= 15 is 0 Å². The first-order chi connectivity index (χ1) is 17.0. The van der Waals surface area contributed by atoms with Crippen molar-refractivity contribution in [3.63, 3.8) is 0 Å². The summed E-state index contributed by atoms with van der Waals surface area (Å²) in [5.74, 6) is 1.69. The van der Waals surface area contributed by atoms with Crippen LogP contribution in [0.4, 0.5) is 0 Å². The summed E-state index contributed by atoms with van der Waals surface area (Å²) < 4.78 is 11.6. The summed E-state index contributed by atoms with van der Waals surface area (Å²) in [5, 5.41) is 11.1. The summed E-state index contributed by atoms with van der Waals surface area (Å²) in [6, 6.07) is 23.8. The predicted octanol–water partition coefficient (Wildman–Crippen LogP) is 6.53. The van der Waals surface area contributed by atoms with Gasteiger partial charge in [-0.15, -0.1) is 6.42 Å². The molecule has 3 aromatic carbocycles. The average Bonchev–Trinajstić information content (AvgIpc) is 2.87. The van der Waals surface area contributed by atoms with E-state index in [9.17, 15) is 9.90 Å². The van der Waals surface area contributed by atoms with Crippen LogP contribution in [0.2, 0.25) is 5.02 Å². The second-order valence-corrected chi connectivity index (χ2v) is 8.13. The van der Waals surface area contributed by atoms with Crippen molar-refractivity contribution in [2.45, 2.75) is 6.10 Å². The number of nitrogens with zero attached hydrogens (tertiary/aromatic N) is 1. The Hall–Kier alpha value is -4.11. The van der Waals surface area contributed by atoms with E-state index in [1.165, 1.54) is 6.07 Å². The number of halogens is 1. The van der Waals surface area contributed by atoms with Crippen molar-refractivity contribution in [3.05, 3.63) is 106 Å². The summed E-state index contributed by atoms with van der Waals surface area (Å²) >= 11 is 6.09. The van der Waals surface area contributed by atoms with Crippen LogP contribution >= 0.6 is 11.6 Å². The lowest BCUT2D eigenvalue weighted by atomic mass is 10.1. The Balaban J connectivity index is 1.53. The van der Waals surface area contributed by atoms with Crippen molar-refractivity contribution in [1.82, 2.24) is 4.98 Å². The van der Waals surface area contributed by atoms with E-state index in [0.29, 0.717) is 5.02 Å². The highest BCUT2D eigenvalue weighted by Crippen LogP contribution is 2.24. The summed E-state index contributed by atoms with van der Waals surface area (Å²) in [7, 11) is 0. The molecule has 0 spiro atoms. The van der Waals surface area contributed by atoms with Gasteiger partial charge in [-0.2, -0.15) is 0 Å². The number of rotatable bonds is 9. The van der Waals surface area contributed by atoms with E-state index in [-0.39, 0.29) is 24.5 Å². The summed E-state index contributed by atoms with van der Waals surface area (Å²) in [6.07, 6.45) is 8.80. The number of aromatic carboxylic acids is 1. The van der Waals surface area contributed by atoms with E-state index in [4.69, 9.17) is 27.5 Å². The maximum atomic E-state index is 11.5. The van der Waals surface area contributed by atoms with Gasteiger partial charge >= 0.3 is 5.97 Å². The quantitative estimate of drug-likeness (QED) is 0.274. The molecule has 0 bridgehead atoms. The molecule has 174 valence electrons. The van der Waals surface area contributed by atoms with Gasteiger partial charge in [-0.3, -0.25) is 0 Å². The molecule has 1 aromatic heterocycles. The van der Waals surface area contributed by atoms with E-state index in [2.05, 4.69) is 10.9 Å². The zero-order chi connectivity index (χ0) is 24.6. The summed E-state index contributed by atoms with van der Waals surface area (Å²) in [4.78, 5) is 16.1. The first kappa shape index (κ1) is 24.0. The van der Waals surface area contributed by atoms with Crippen LogP contribution in [0.25, 0.3) is 23.1 Å². The topological polar surface area (TPSA) is 68.7 Å². The molecule has 1 unspecified atom stereocenters. The van der Waals surface area contributed by atoms with Crippen LogP contribution in [-0.4, -0.2) is 29.3 Å². The highest BCUT2D eigenvalue weighted by molar-refractivity contribution is 6.31. The number of hydrogen-bond donors (Lipinski definition) is 1. The average molecular weight is 484 g/mol. The molecule has 0 fully saturated rings. The van der Waals surface area contributed by atoms with Crippen LogP contribution in [0.15, 0.2) is 78.9 Å².